The van der Waals surface area contributed by atoms with Crippen molar-refractivity contribution in [3.05, 3.63) is 21.0 Å². The van der Waals surface area contributed by atoms with E-state index in [2.05, 4.69) is 33.3 Å². The molecule has 1 aromatic rings. The lowest BCUT2D eigenvalue weighted by Crippen LogP contribution is -2.26. The Hall–Kier alpha value is -0.840. The van der Waals surface area contributed by atoms with Gasteiger partial charge in [-0.05, 0) is 42.1 Å². The minimum absolute atomic E-state index is 0.0706. The summed E-state index contributed by atoms with van der Waals surface area (Å²) >= 11 is 3.36. The van der Waals surface area contributed by atoms with Crippen LogP contribution in [-0.4, -0.2) is 15.8 Å². The molecule has 1 aromatic heterocycles. The molecule has 0 amide bonds. The lowest BCUT2D eigenvalue weighted by molar-refractivity contribution is 0.501. The first-order chi connectivity index (χ1) is 8.04. The monoisotopic (exact) mass is 299 g/mol. The topological polar surface area (TPSA) is 46.9 Å². The van der Waals surface area contributed by atoms with Crippen LogP contribution in [0.25, 0.3) is 0 Å². The second-order valence-corrected chi connectivity index (χ2v) is 5.66. The molecule has 1 fully saturated rings. The predicted octanol–water partition coefficient (Wildman–Crippen LogP) is 2.80. The average Bonchev–Trinajstić information content (AvgIpc) is 3.03. The van der Waals surface area contributed by atoms with Gasteiger partial charge in [0.25, 0.3) is 5.56 Å². The number of hydrogen-bond donors (Lipinski definition) is 1. The van der Waals surface area contributed by atoms with E-state index < -0.39 is 0 Å². The lowest BCUT2D eigenvalue weighted by atomic mass is 10.3. The molecule has 5 heteroatoms. The van der Waals surface area contributed by atoms with Gasteiger partial charge in [0.1, 0.15) is 4.47 Å². The standard InChI is InChI=1S/C12H18BrN3O/c1-4-8-5-9(8)15-10-6-14-16(7(2)3)12(17)11(10)13/h6-9,15H,4-5H2,1-3H3. The molecule has 17 heavy (non-hydrogen) atoms. The Labute approximate surface area is 110 Å². The van der Waals surface area contributed by atoms with Crippen molar-refractivity contribution in [3.63, 3.8) is 0 Å². The van der Waals surface area contributed by atoms with Gasteiger partial charge in [0.15, 0.2) is 0 Å². The highest BCUT2D eigenvalue weighted by molar-refractivity contribution is 9.10. The van der Waals surface area contributed by atoms with E-state index in [-0.39, 0.29) is 11.6 Å². The summed E-state index contributed by atoms with van der Waals surface area (Å²) in [6.07, 6.45) is 4.11. The molecule has 1 aliphatic carbocycles. The third-order valence-corrected chi connectivity index (χ3v) is 3.99. The number of nitrogens with zero attached hydrogens (tertiary/aromatic N) is 2. The second kappa shape index (κ2) is 4.80. The van der Waals surface area contributed by atoms with Crippen LogP contribution in [-0.2, 0) is 0 Å². The van der Waals surface area contributed by atoms with Crippen LogP contribution in [0.5, 0.6) is 0 Å². The molecular formula is C12H18BrN3O. The molecule has 2 unspecified atom stereocenters. The average molecular weight is 300 g/mol. The summed E-state index contributed by atoms with van der Waals surface area (Å²) in [7, 11) is 0. The molecule has 2 atom stereocenters. The number of anilines is 1. The third-order valence-electron chi connectivity index (χ3n) is 3.22. The molecule has 0 radical (unpaired) electrons. The van der Waals surface area contributed by atoms with Gasteiger partial charge in [-0.3, -0.25) is 4.79 Å². The Kier molecular flexibility index (Phi) is 3.56. The van der Waals surface area contributed by atoms with Crippen LogP contribution in [0.2, 0.25) is 0 Å². The van der Waals surface area contributed by atoms with E-state index in [1.807, 2.05) is 13.8 Å². The van der Waals surface area contributed by atoms with Crippen molar-refractivity contribution in [1.29, 1.82) is 0 Å². The highest BCUT2D eigenvalue weighted by Gasteiger charge is 2.35. The van der Waals surface area contributed by atoms with Crippen LogP contribution in [0.1, 0.15) is 39.7 Å². The summed E-state index contributed by atoms with van der Waals surface area (Å²) in [6, 6.07) is 0.588. The van der Waals surface area contributed by atoms with Crippen molar-refractivity contribution in [3.8, 4) is 0 Å². The normalized spacial score (nSPS) is 22.9. The van der Waals surface area contributed by atoms with Gasteiger partial charge in [0.2, 0.25) is 0 Å². The summed E-state index contributed by atoms with van der Waals surface area (Å²) in [5.74, 6) is 0.745. The highest BCUT2D eigenvalue weighted by Crippen LogP contribution is 2.36. The number of rotatable bonds is 4. The molecule has 0 saturated heterocycles. The first-order valence-corrected chi connectivity index (χ1v) is 6.87. The molecular weight excluding hydrogens is 282 g/mol. The minimum atomic E-state index is -0.0706. The zero-order chi connectivity index (χ0) is 12.6. The Balaban J connectivity index is 2.20. The van der Waals surface area contributed by atoms with E-state index in [0.717, 1.165) is 11.6 Å². The number of halogens is 1. The minimum Gasteiger partial charge on any atom is -0.380 e. The molecule has 1 N–H and O–H groups in total. The molecule has 0 bridgehead atoms. The maximum absolute atomic E-state index is 12.0. The zero-order valence-electron chi connectivity index (χ0n) is 10.4. The summed E-state index contributed by atoms with van der Waals surface area (Å²) in [5, 5.41) is 7.55. The smallest absolute Gasteiger partial charge is 0.283 e. The fourth-order valence-corrected chi connectivity index (χ4v) is 2.39. The van der Waals surface area contributed by atoms with E-state index in [1.165, 1.54) is 17.5 Å². The van der Waals surface area contributed by atoms with Crippen molar-refractivity contribution >= 4 is 21.6 Å². The maximum atomic E-state index is 12.0. The van der Waals surface area contributed by atoms with Gasteiger partial charge >= 0.3 is 0 Å². The van der Waals surface area contributed by atoms with Crippen molar-refractivity contribution in [2.45, 2.75) is 45.7 Å². The summed E-state index contributed by atoms with van der Waals surface area (Å²) in [5.41, 5.74) is 0.742. The second-order valence-electron chi connectivity index (χ2n) is 4.87. The summed E-state index contributed by atoms with van der Waals surface area (Å²) in [4.78, 5) is 12.0. The number of hydrogen-bond acceptors (Lipinski definition) is 3. The maximum Gasteiger partial charge on any atom is 0.283 e. The largest absolute Gasteiger partial charge is 0.380 e. The zero-order valence-corrected chi connectivity index (χ0v) is 12.0. The molecule has 2 rings (SSSR count). The Bertz CT molecular complexity index is 469. The number of nitrogens with one attached hydrogen (secondary N) is 1. The molecule has 1 aliphatic rings. The van der Waals surface area contributed by atoms with Crippen molar-refractivity contribution < 1.29 is 0 Å². The van der Waals surface area contributed by atoms with Crippen molar-refractivity contribution in [2.75, 3.05) is 5.32 Å². The van der Waals surface area contributed by atoms with Gasteiger partial charge in [-0.25, -0.2) is 4.68 Å². The molecule has 94 valence electrons. The van der Waals surface area contributed by atoms with Crippen LogP contribution in [0.3, 0.4) is 0 Å². The van der Waals surface area contributed by atoms with E-state index in [0.29, 0.717) is 10.5 Å². The van der Waals surface area contributed by atoms with Crippen molar-refractivity contribution in [1.82, 2.24) is 9.78 Å². The molecule has 4 nitrogen and oxygen atoms in total. The van der Waals surface area contributed by atoms with E-state index in [9.17, 15) is 4.79 Å². The van der Waals surface area contributed by atoms with Crippen molar-refractivity contribution in [2.24, 2.45) is 5.92 Å². The Morgan fingerprint density at radius 2 is 2.35 bits per heavy atom. The predicted molar refractivity (Wildman–Crippen MR) is 72.4 cm³/mol. The van der Waals surface area contributed by atoms with Crippen LogP contribution < -0.4 is 10.9 Å². The van der Waals surface area contributed by atoms with Crippen LogP contribution >= 0.6 is 15.9 Å². The van der Waals surface area contributed by atoms with Crippen LogP contribution in [0.4, 0.5) is 5.69 Å². The van der Waals surface area contributed by atoms with Crippen LogP contribution in [0.15, 0.2) is 15.5 Å². The van der Waals surface area contributed by atoms with Gasteiger partial charge < -0.3 is 5.32 Å². The van der Waals surface area contributed by atoms with Gasteiger partial charge in [0.05, 0.1) is 17.9 Å². The summed E-state index contributed by atoms with van der Waals surface area (Å²) in [6.45, 7) is 6.08. The lowest BCUT2D eigenvalue weighted by Gasteiger charge is -2.12. The third kappa shape index (κ3) is 2.54. The van der Waals surface area contributed by atoms with Gasteiger partial charge in [-0.15, -0.1) is 0 Å². The Morgan fingerprint density at radius 3 is 2.88 bits per heavy atom. The van der Waals surface area contributed by atoms with E-state index in [4.69, 9.17) is 0 Å². The fraction of sp³-hybridized carbons (Fsp3) is 0.667. The number of aromatic nitrogens is 2. The van der Waals surface area contributed by atoms with E-state index in [1.54, 1.807) is 6.20 Å². The SMILES string of the molecule is CCC1CC1Nc1cnn(C(C)C)c(=O)c1Br. The quantitative estimate of drug-likeness (QED) is 0.930. The van der Waals surface area contributed by atoms with Gasteiger partial charge in [-0.1, -0.05) is 13.3 Å². The molecule has 0 aromatic carbocycles. The first kappa shape index (κ1) is 12.6. The Morgan fingerprint density at radius 1 is 1.65 bits per heavy atom. The van der Waals surface area contributed by atoms with E-state index >= 15 is 0 Å². The van der Waals surface area contributed by atoms with Gasteiger partial charge in [0, 0.05) is 6.04 Å². The van der Waals surface area contributed by atoms with Crippen LogP contribution in [0, 0.1) is 5.92 Å². The molecule has 1 saturated carbocycles. The summed E-state index contributed by atoms with van der Waals surface area (Å²) < 4.78 is 2.07. The highest BCUT2D eigenvalue weighted by atomic mass is 79.9. The first-order valence-electron chi connectivity index (χ1n) is 6.08. The molecule has 1 heterocycles. The van der Waals surface area contributed by atoms with Gasteiger partial charge in [-0.2, -0.15) is 5.10 Å². The molecule has 0 aliphatic heterocycles. The fourth-order valence-electron chi connectivity index (χ4n) is 1.99. The molecule has 0 spiro atoms.